The minimum Gasteiger partial charge on any atom is -0.480 e. The molecule has 0 saturated carbocycles. The number of methoxy groups -OCH3 is 2. The smallest absolute Gasteiger partial charge is 0.241 e. The third-order valence-electron chi connectivity index (χ3n) is 4.77. The van der Waals surface area contributed by atoms with E-state index in [1.807, 2.05) is 18.2 Å². The van der Waals surface area contributed by atoms with Crippen molar-refractivity contribution in [3.8, 4) is 29.1 Å². The van der Waals surface area contributed by atoms with E-state index in [1.54, 1.807) is 11.0 Å². The number of benzene rings is 1. The first kappa shape index (κ1) is 18.9. The fourth-order valence-corrected chi connectivity index (χ4v) is 4.15. The summed E-state index contributed by atoms with van der Waals surface area (Å²) < 4.78 is 11.4. The molecule has 4 rings (SSSR count). The number of hydrogen-bond acceptors (Lipinski definition) is 9. The maximum atomic E-state index is 12.5. The highest BCUT2D eigenvalue weighted by Crippen LogP contribution is 2.35. The van der Waals surface area contributed by atoms with Gasteiger partial charge < -0.3 is 19.7 Å². The van der Waals surface area contributed by atoms with Crippen molar-refractivity contribution in [1.29, 1.82) is 5.26 Å². The predicted molar refractivity (Wildman–Crippen MR) is 108 cm³/mol. The molecule has 1 amide bonds. The van der Waals surface area contributed by atoms with Gasteiger partial charge in [0.25, 0.3) is 0 Å². The highest BCUT2D eigenvalue weighted by atomic mass is 32.1. The van der Waals surface area contributed by atoms with Crippen LogP contribution in [0.3, 0.4) is 0 Å². The van der Waals surface area contributed by atoms with Crippen molar-refractivity contribution in [3.05, 3.63) is 24.3 Å². The number of likely N-dealkylation sites (tertiary alicyclic amines) is 1. The first-order valence-corrected chi connectivity index (χ1v) is 9.75. The molecule has 1 fully saturated rings. The second kappa shape index (κ2) is 7.89. The fraction of sp³-hybridized carbons (Fsp3) is 0.316. The second-order valence-electron chi connectivity index (χ2n) is 6.53. The number of nitrogens with zero attached hydrogens (tertiary/aromatic N) is 5. The summed E-state index contributed by atoms with van der Waals surface area (Å²) in [4.78, 5) is 18.6. The Kier molecular flexibility index (Phi) is 5.14. The van der Waals surface area contributed by atoms with Crippen LogP contribution in [0.2, 0.25) is 0 Å². The van der Waals surface area contributed by atoms with E-state index in [0.717, 1.165) is 21.3 Å². The normalized spacial score (nSPS) is 15.9. The van der Waals surface area contributed by atoms with Gasteiger partial charge in [-0.3, -0.25) is 4.79 Å². The van der Waals surface area contributed by atoms with Crippen LogP contribution < -0.4 is 14.8 Å². The van der Waals surface area contributed by atoms with Gasteiger partial charge in [-0.15, -0.1) is 10.2 Å². The van der Waals surface area contributed by atoms with Crippen molar-refractivity contribution in [2.24, 2.45) is 5.92 Å². The molecule has 1 aliphatic heterocycles. The number of hydrogen-bond donors (Lipinski definition) is 1. The lowest BCUT2D eigenvalue weighted by Gasteiger charge is -2.08. The Morgan fingerprint density at radius 3 is 2.90 bits per heavy atom. The van der Waals surface area contributed by atoms with Crippen molar-refractivity contribution in [1.82, 2.24) is 20.1 Å². The van der Waals surface area contributed by atoms with Crippen LogP contribution in [0.5, 0.6) is 11.8 Å². The van der Waals surface area contributed by atoms with E-state index >= 15 is 0 Å². The minimum absolute atomic E-state index is 0.105. The summed E-state index contributed by atoms with van der Waals surface area (Å²) in [5.41, 5.74) is 2.42. The molecule has 1 atom stereocenters. The van der Waals surface area contributed by atoms with E-state index in [1.165, 1.54) is 25.6 Å². The van der Waals surface area contributed by atoms with Gasteiger partial charge in [0.15, 0.2) is 11.3 Å². The number of rotatable bonds is 5. The summed E-state index contributed by atoms with van der Waals surface area (Å²) >= 11 is 1.39. The lowest BCUT2D eigenvalue weighted by atomic mass is 10.1. The molecule has 2 aromatic heterocycles. The van der Waals surface area contributed by atoms with Crippen LogP contribution in [0.1, 0.15) is 6.42 Å². The van der Waals surface area contributed by atoms with E-state index in [9.17, 15) is 4.79 Å². The number of carbonyl (C=O) groups is 1. The van der Waals surface area contributed by atoms with Gasteiger partial charge in [0.2, 0.25) is 17.7 Å². The van der Waals surface area contributed by atoms with Crippen LogP contribution in [0.4, 0.5) is 5.13 Å². The quantitative estimate of drug-likeness (QED) is 0.639. The molecule has 148 valence electrons. The zero-order chi connectivity index (χ0) is 20.4. The van der Waals surface area contributed by atoms with E-state index in [0.29, 0.717) is 36.4 Å². The van der Waals surface area contributed by atoms with E-state index in [4.69, 9.17) is 14.7 Å². The number of nitrogens with one attached hydrogen (secondary N) is 1. The van der Waals surface area contributed by atoms with Gasteiger partial charge in [0.05, 0.1) is 35.9 Å². The number of carbonyl (C=O) groups excluding carboxylic acids is 1. The molecule has 0 spiro atoms. The fourth-order valence-electron chi connectivity index (χ4n) is 3.24. The summed E-state index contributed by atoms with van der Waals surface area (Å²) in [6.45, 7) is 1.07. The third-order valence-corrected chi connectivity index (χ3v) is 5.70. The molecule has 3 aromatic rings. The molecule has 1 saturated heterocycles. The molecular weight excluding hydrogens is 392 g/mol. The van der Waals surface area contributed by atoms with Crippen LogP contribution in [0.25, 0.3) is 21.3 Å². The number of ether oxygens (including phenoxy) is 2. The standard InChI is InChI=1S/C19H18N6O3S/c1-27-16-8-13(18(28-2)24-23-16)11-3-4-14-15(7-11)29-19(21-14)22-17(26)12-5-6-25(9-12)10-20/h3-4,7-8,12H,5-6,9H2,1-2H3,(H,21,22,26)/t12-/m0/s1. The summed E-state index contributed by atoms with van der Waals surface area (Å²) in [7, 11) is 3.07. The minimum atomic E-state index is -0.197. The molecule has 1 aromatic carbocycles. The zero-order valence-electron chi connectivity index (χ0n) is 15.9. The average Bonchev–Trinajstić information content (AvgIpc) is 3.39. The summed E-state index contributed by atoms with van der Waals surface area (Å²) in [6, 6.07) is 7.52. The van der Waals surface area contributed by atoms with Crippen molar-refractivity contribution < 1.29 is 14.3 Å². The van der Waals surface area contributed by atoms with Gasteiger partial charge in [-0.2, -0.15) is 5.26 Å². The molecule has 0 bridgehead atoms. The van der Waals surface area contributed by atoms with Gasteiger partial charge in [-0.25, -0.2) is 4.98 Å². The lowest BCUT2D eigenvalue weighted by Crippen LogP contribution is -2.25. The Bertz CT molecular complexity index is 1110. The van der Waals surface area contributed by atoms with Crippen LogP contribution in [0.15, 0.2) is 24.3 Å². The molecule has 29 heavy (non-hydrogen) atoms. The number of fused-ring (bicyclic) bond motifs is 1. The van der Waals surface area contributed by atoms with Gasteiger partial charge in [0, 0.05) is 19.2 Å². The van der Waals surface area contributed by atoms with Crippen molar-refractivity contribution >= 4 is 32.6 Å². The monoisotopic (exact) mass is 410 g/mol. The van der Waals surface area contributed by atoms with Crippen molar-refractivity contribution in [2.45, 2.75) is 6.42 Å². The Labute approximate surface area is 170 Å². The van der Waals surface area contributed by atoms with E-state index in [-0.39, 0.29) is 11.8 Å². The lowest BCUT2D eigenvalue weighted by molar-refractivity contribution is -0.119. The Balaban J connectivity index is 1.59. The second-order valence-corrected chi connectivity index (χ2v) is 7.56. The maximum Gasteiger partial charge on any atom is 0.241 e. The summed E-state index contributed by atoms with van der Waals surface area (Å²) in [6.07, 6.45) is 2.76. The summed E-state index contributed by atoms with van der Waals surface area (Å²) in [5, 5.41) is 20.3. The largest absolute Gasteiger partial charge is 0.480 e. The van der Waals surface area contributed by atoms with Crippen LogP contribution in [-0.2, 0) is 4.79 Å². The topological polar surface area (TPSA) is 113 Å². The van der Waals surface area contributed by atoms with Gasteiger partial charge in [-0.1, -0.05) is 17.4 Å². The van der Waals surface area contributed by atoms with Crippen LogP contribution in [0, 0.1) is 17.4 Å². The molecule has 1 aliphatic rings. The van der Waals surface area contributed by atoms with Gasteiger partial charge >= 0.3 is 0 Å². The van der Waals surface area contributed by atoms with Gasteiger partial charge in [0.1, 0.15) is 0 Å². The Morgan fingerprint density at radius 1 is 1.31 bits per heavy atom. The third kappa shape index (κ3) is 3.77. The van der Waals surface area contributed by atoms with Crippen molar-refractivity contribution in [2.75, 3.05) is 32.6 Å². The molecule has 9 nitrogen and oxygen atoms in total. The number of aromatic nitrogens is 3. The maximum absolute atomic E-state index is 12.5. The molecule has 0 unspecified atom stereocenters. The first-order valence-electron chi connectivity index (χ1n) is 8.93. The van der Waals surface area contributed by atoms with Crippen LogP contribution in [-0.4, -0.2) is 53.3 Å². The number of anilines is 1. The number of nitriles is 1. The van der Waals surface area contributed by atoms with Crippen LogP contribution >= 0.6 is 11.3 Å². The Hall–Kier alpha value is -3.45. The molecular formula is C19H18N6O3S. The summed E-state index contributed by atoms with van der Waals surface area (Å²) in [5.74, 6) is 0.483. The van der Waals surface area contributed by atoms with E-state index < -0.39 is 0 Å². The molecule has 1 N–H and O–H groups in total. The highest BCUT2D eigenvalue weighted by molar-refractivity contribution is 7.22. The zero-order valence-corrected chi connectivity index (χ0v) is 16.7. The first-order chi connectivity index (χ1) is 14.1. The van der Waals surface area contributed by atoms with Crippen molar-refractivity contribution in [3.63, 3.8) is 0 Å². The molecule has 0 radical (unpaired) electrons. The predicted octanol–water partition coefficient (Wildman–Crippen LogP) is 2.51. The highest BCUT2D eigenvalue weighted by Gasteiger charge is 2.28. The SMILES string of the molecule is COc1cc(-c2ccc3nc(NC(=O)[C@H]4CCN(C#N)C4)sc3c2)c(OC)nn1. The van der Waals surface area contributed by atoms with E-state index in [2.05, 4.69) is 26.7 Å². The average molecular weight is 410 g/mol. The number of amides is 1. The molecule has 10 heteroatoms. The number of thiazole rings is 1. The van der Waals surface area contributed by atoms with Gasteiger partial charge in [-0.05, 0) is 24.1 Å². The molecule has 0 aliphatic carbocycles. The molecule has 3 heterocycles. The Morgan fingerprint density at radius 2 is 2.17 bits per heavy atom.